The van der Waals surface area contributed by atoms with E-state index < -0.39 is 0 Å². The predicted molar refractivity (Wildman–Crippen MR) is 113 cm³/mol. The molecule has 0 aliphatic carbocycles. The maximum atomic E-state index is 12.2. The zero-order valence-corrected chi connectivity index (χ0v) is 16.5. The average Bonchev–Trinajstić information content (AvgIpc) is 2.68. The Morgan fingerprint density at radius 3 is 2.22 bits per heavy atom. The highest BCUT2D eigenvalue weighted by Crippen LogP contribution is 2.15. The van der Waals surface area contributed by atoms with Crippen molar-refractivity contribution in [1.82, 2.24) is 10.9 Å². The number of anilines is 2. The number of hydrogen-bond acceptors (Lipinski definition) is 4. The molecule has 1 amide bonds. The molecule has 0 saturated carbocycles. The predicted octanol–water partition coefficient (Wildman–Crippen LogP) is 3.37. The van der Waals surface area contributed by atoms with Crippen LogP contribution in [0.3, 0.4) is 0 Å². The highest BCUT2D eigenvalue weighted by molar-refractivity contribution is 7.80. The molecule has 0 aliphatic heterocycles. The normalized spacial score (nSPS) is 10.0. The number of benzene rings is 2. The molecule has 0 spiro atoms. The van der Waals surface area contributed by atoms with Crippen LogP contribution in [0.1, 0.15) is 41.5 Å². The molecule has 0 unspecified atom stereocenters. The molecule has 0 fully saturated rings. The Balaban J connectivity index is 1.90. The van der Waals surface area contributed by atoms with Gasteiger partial charge < -0.3 is 10.2 Å². The summed E-state index contributed by atoms with van der Waals surface area (Å²) in [4.78, 5) is 25.9. The van der Waals surface area contributed by atoms with Gasteiger partial charge >= 0.3 is 0 Å². The lowest BCUT2D eigenvalue weighted by atomic mass is 10.1. The lowest BCUT2D eigenvalue weighted by Crippen LogP contribution is -2.43. The molecule has 2 aromatic rings. The molecule has 0 radical (unpaired) electrons. The second-order valence-electron chi connectivity index (χ2n) is 5.89. The largest absolute Gasteiger partial charge is 0.372 e. The van der Waals surface area contributed by atoms with Gasteiger partial charge in [-0.25, -0.2) is 0 Å². The van der Waals surface area contributed by atoms with E-state index >= 15 is 0 Å². The number of nitrogens with zero attached hydrogens (tertiary/aromatic N) is 1. The summed E-state index contributed by atoms with van der Waals surface area (Å²) < 4.78 is 0. The number of thiocarbonyl (C=S) groups is 1. The summed E-state index contributed by atoms with van der Waals surface area (Å²) >= 11 is 5.17. The Morgan fingerprint density at radius 2 is 1.63 bits per heavy atom. The molecule has 3 N–H and O–H groups in total. The van der Waals surface area contributed by atoms with Crippen LogP contribution in [0.5, 0.6) is 0 Å². The number of amides is 1. The van der Waals surface area contributed by atoms with Gasteiger partial charge in [0.1, 0.15) is 0 Å². The first-order chi connectivity index (χ1) is 12.9. The van der Waals surface area contributed by atoms with Crippen LogP contribution in [0.2, 0.25) is 0 Å². The Hall–Kier alpha value is -2.93. The van der Waals surface area contributed by atoms with E-state index in [0.29, 0.717) is 16.8 Å². The highest BCUT2D eigenvalue weighted by atomic mass is 32.1. The third kappa shape index (κ3) is 5.79. The Labute approximate surface area is 164 Å². The van der Waals surface area contributed by atoms with Crippen LogP contribution in [0.15, 0.2) is 48.5 Å². The number of rotatable bonds is 6. The fourth-order valence-corrected chi connectivity index (χ4v) is 2.75. The van der Waals surface area contributed by atoms with Gasteiger partial charge in [-0.15, -0.1) is 0 Å². The zero-order valence-electron chi connectivity index (χ0n) is 15.7. The summed E-state index contributed by atoms with van der Waals surface area (Å²) in [5.41, 5.74) is 8.07. The molecule has 0 atom stereocenters. The number of Topliss-reactive ketones (excluding diaryl/α,β-unsaturated/α-hetero) is 1. The second kappa shape index (κ2) is 9.68. The molecule has 0 aliphatic rings. The SMILES string of the molecule is CCN(CC)c1ccc(C(=O)NNC(=S)Nc2cccc(C(C)=O)c2)cc1. The van der Waals surface area contributed by atoms with Crippen molar-refractivity contribution in [3.63, 3.8) is 0 Å². The minimum atomic E-state index is -0.289. The average molecular weight is 385 g/mol. The minimum absolute atomic E-state index is 0.0287. The number of nitrogens with one attached hydrogen (secondary N) is 3. The smallest absolute Gasteiger partial charge is 0.269 e. The third-order valence-corrected chi connectivity index (χ3v) is 4.28. The number of ketones is 1. The van der Waals surface area contributed by atoms with Crippen LogP contribution in [-0.2, 0) is 0 Å². The molecule has 27 heavy (non-hydrogen) atoms. The van der Waals surface area contributed by atoms with Crippen LogP contribution >= 0.6 is 12.2 Å². The maximum absolute atomic E-state index is 12.2. The molecule has 2 aromatic carbocycles. The molecule has 6 nitrogen and oxygen atoms in total. The highest BCUT2D eigenvalue weighted by Gasteiger charge is 2.08. The Bertz CT molecular complexity index is 817. The van der Waals surface area contributed by atoms with Gasteiger partial charge in [0.25, 0.3) is 5.91 Å². The van der Waals surface area contributed by atoms with Crippen molar-refractivity contribution in [2.24, 2.45) is 0 Å². The van der Waals surface area contributed by atoms with Gasteiger partial charge in [-0.3, -0.25) is 20.4 Å². The van der Waals surface area contributed by atoms with Gasteiger partial charge in [0.2, 0.25) is 0 Å². The summed E-state index contributed by atoms with van der Waals surface area (Å²) in [6.45, 7) is 7.51. The van der Waals surface area contributed by atoms with E-state index in [1.807, 2.05) is 12.1 Å². The first-order valence-electron chi connectivity index (χ1n) is 8.78. The molecule has 0 bridgehead atoms. The number of hydrogen-bond donors (Lipinski definition) is 3. The van der Waals surface area contributed by atoms with Gasteiger partial charge in [0.15, 0.2) is 10.9 Å². The molecular formula is C20H24N4O2S. The molecular weight excluding hydrogens is 360 g/mol. The molecule has 0 heterocycles. The summed E-state index contributed by atoms with van der Waals surface area (Å²) in [6, 6.07) is 14.4. The first kappa shape index (κ1) is 20.4. The van der Waals surface area contributed by atoms with E-state index in [2.05, 4.69) is 34.9 Å². The van der Waals surface area contributed by atoms with Crippen molar-refractivity contribution in [2.75, 3.05) is 23.3 Å². The summed E-state index contributed by atoms with van der Waals surface area (Å²) in [5, 5.41) is 3.16. The number of carbonyl (C=O) groups is 2. The standard InChI is InChI=1S/C20H24N4O2S/c1-4-24(5-2)18-11-9-15(10-12-18)19(26)22-23-20(27)21-17-8-6-7-16(13-17)14(3)25/h6-13H,4-5H2,1-3H3,(H,22,26)(H2,21,23,27). The summed E-state index contributed by atoms with van der Waals surface area (Å²) in [6.07, 6.45) is 0. The van der Waals surface area contributed by atoms with Crippen molar-refractivity contribution in [3.05, 3.63) is 59.7 Å². The lowest BCUT2D eigenvalue weighted by molar-refractivity contribution is 0.0943. The first-order valence-corrected chi connectivity index (χ1v) is 9.18. The van der Waals surface area contributed by atoms with Gasteiger partial charge in [-0.2, -0.15) is 0 Å². The topological polar surface area (TPSA) is 73.5 Å². The molecule has 0 saturated heterocycles. The van der Waals surface area contributed by atoms with Crippen molar-refractivity contribution < 1.29 is 9.59 Å². The van der Waals surface area contributed by atoms with Crippen molar-refractivity contribution >= 4 is 40.4 Å². The number of carbonyl (C=O) groups excluding carboxylic acids is 2. The van der Waals surface area contributed by atoms with E-state index in [4.69, 9.17) is 12.2 Å². The maximum Gasteiger partial charge on any atom is 0.269 e. The quantitative estimate of drug-likeness (QED) is 0.403. The van der Waals surface area contributed by atoms with Crippen molar-refractivity contribution in [2.45, 2.75) is 20.8 Å². The molecule has 7 heteroatoms. The van der Waals surface area contributed by atoms with E-state index in [9.17, 15) is 9.59 Å². The minimum Gasteiger partial charge on any atom is -0.372 e. The lowest BCUT2D eigenvalue weighted by Gasteiger charge is -2.21. The van der Waals surface area contributed by atoms with Crippen LogP contribution in [0, 0.1) is 0 Å². The van der Waals surface area contributed by atoms with Crippen molar-refractivity contribution in [1.29, 1.82) is 0 Å². The fourth-order valence-electron chi connectivity index (χ4n) is 2.58. The zero-order chi connectivity index (χ0) is 19.8. The van der Waals surface area contributed by atoms with Gasteiger partial charge in [-0.05, 0) is 69.4 Å². The van der Waals surface area contributed by atoms with E-state index in [1.54, 1.807) is 36.4 Å². The van der Waals surface area contributed by atoms with Gasteiger partial charge in [-0.1, -0.05) is 12.1 Å². The van der Waals surface area contributed by atoms with E-state index in [0.717, 1.165) is 18.8 Å². The second-order valence-corrected chi connectivity index (χ2v) is 6.30. The van der Waals surface area contributed by atoms with Crippen LogP contribution in [0.25, 0.3) is 0 Å². The Kier molecular flexibility index (Phi) is 7.31. The van der Waals surface area contributed by atoms with Crippen LogP contribution in [-0.4, -0.2) is 29.9 Å². The van der Waals surface area contributed by atoms with Crippen LogP contribution in [0.4, 0.5) is 11.4 Å². The number of hydrazine groups is 1. The van der Waals surface area contributed by atoms with Gasteiger partial charge in [0.05, 0.1) is 0 Å². The molecule has 0 aromatic heterocycles. The summed E-state index contributed by atoms with van der Waals surface area (Å²) in [5.74, 6) is -0.318. The molecule has 2 rings (SSSR count). The fraction of sp³-hybridized carbons (Fsp3) is 0.250. The Morgan fingerprint density at radius 1 is 0.963 bits per heavy atom. The van der Waals surface area contributed by atoms with Crippen LogP contribution < -0.4 is 21.1 Å². The van der Waals surface area contributed by atoms with E-state index in [1.165, 1.54) is 6.92 Å². The summed E-state index contributed by atoms with van der Waals surface area (Å²) in [7, 11) is 0. The van der Waals surface area contributed by atoms with Crippen molar-refractivity contribution in [3.8, 4) is 0 Å². The third-order valence-electron chi connectivity index (χ3n) is 4.07. The van der Waals surface area contributed by atoms with Gasteiger partial charge in [0, 0.05) is 35.6 Å². The molecule has 142 valence electrons. The monoisotopic (exact) mass is 384 g/mol. The van der Waals surface area contributed by atoms with E-state index in [-0.39, 0.29) is 16.8 Å².